The van der Waals surface area contributed by atoms with Gasteiger partial charge in [-0.3, -0.25) is 4.79 Å². The van der Waals surface area contributed by atoms with E-state index in [1.807, 2.05) is 0 Å². The van der Waals surface area contributed by atoms with Crippen molar-refractivity contribution < 1.29 is 18.0 Å². The van der Waals surface area contributed by atoms with Crippen LogP contribution >= 0.6 is 0 Å². The van der Waals surface area contributed by atoms with E-state index < -0.39 is 23.7 Å². The van der Waals surface area contributed by atoms with Crippen molar-refractivity contribution >= 4 is 11.6 Å². The van der Waals surface area contributed by atoms with E-state index in [0.29, 0.717) is 5.82 Å². The molecule has 0 saturated heterocycles. The average molecular weight is 417 g/mol. The van der Waals surface area contributed by atoms with Gasteiger partial charge in [-0.1, -0.05) is 6.58 Å². The Bertz CT molecular complexity index is 1080. The van der Waals surface area contributed by atoms with Crippen molar-refractivity contribution in [3.05, 3.63) is 72.1 Å². The maximum Gasteiger partial charge on any atom is 0.416 e. The third-order valence-corrected chi connectivity index (χ3v) is 4.47. The average Bonchev–Trinajstić information content (AvgIpc) is 3.21. The van der Waals surface area contributed by atoms with E-state index in [-0.39, 0.29) is 22.8 Å². The lowest BCUT2D eigenvalue weighted by Gasteiger charge is -2.25. The number of benzene rings is 1. The first-order valence-electron chi connectivity index (χ1n) is 8.71. The number of nitrogens with zero attached hydrogens (tertiary/aromatic N) is 6. The predicted molar refractivity (Wildman–Crippen MR) is 102 cm³/mol. The van der Waals surface area contributed by atoms with Gasteiger partial charge in [-0.2, -0.15) is 23.0 Å². The van der Waals surface area contributed by atoms with Crippen LogP contribution in [0.3, 0.4) is 0 Å². The summed E-state index contributed by atoms with van der Waals surface area (Å²) < 4.78 is 41.2. The number of amides is 1. The molecule has 11 heteroatoms. The Morgan fingerprint density at radius 3 is 2.40 bits per heavy atom. The molecule has 0 bridgehead atoms. The Labute approximate surface area is 169 Å². The largest absolute Gasteiger partial charge is 0.416 e. The first kappa shape index (κ1) is 21.0. The molecule has 1 atom stereocenters. The molecule has 0 saturated carbocycles. The molecular weight excluding hydrogens is 399 g/mol. The SMILES string of the molecule is C=C(N)c1cc(C(=O)N(C)C(C)c2ncnn2-c2ncccn2)cc(C(F)(F)F)c1. The number of nitrogens with two attached hydrogens (primary N) is 1. The quantitative estimate of drug-likeness (QED) is 0.685. The lowest BCUT2D eigenvalue weighted by molar-refractivity contribution is -0.137. The molecule has 0 aliphatic heterocycles. The summed E-state index contributed by atoms with van der Waals surface area (Å²) in [4.78, 5) is 26.6. The number of carbonyl (C=O) groups is 1. The van der Waals surface area contributed by atoms with Gasteiger partial charge < -0.3 is 10.6 Å². The molecule has 2 aromatic heterocycles. The molecule has 0 spiro atoms. The van der Waals surface area contributed by atoms with Gasteiger partial charge in [-0.25, -0.2) is 15.0 Å². The molecular formula is C19H18F3N7O. The minimum absolute atomic E-state index is 0.0232. The summed E-state index contributed by atoms with van der Waals surface area (Å²) in [6.45, 7) is 5.13. The van der Waals surface area contributed by atoms with E-state index >= 15 is 0 Å². The van der Waals surface area contributed by atoms with E-state index in [2.05, 4.69) is 26.6 Å². The van der Waals surface area contributed by atoms with Crippen LogP contribution in [-0.2, 0) is 6.18 Å². The molecule has 0 radical (unpaired) electrons. The second kappa shape index (κ2) is 7.93. The van der Waals surface area contributed by atoms with Crippen molar-refractivity contribution in [1.82, 2.24) is 29.6 Å². The van der Waals surface area contributed by atoms with Crippen molar-refractivity contribution in [2.24, 2.45) is 5.73 Å². The zero-order valence-electron chi connectivity index (χ0n) is 16.1. The van der Waals surface area contributed by atoms with Crippen LogP contribution in [0.15, 0.2) is 49.6 Å². The lowest BCUT2D eigenvalue weighted by Crippen LogP contribution is -2.32. The fourth-order valence-electron chi connectivity index (χ4n) is 2.74. The van der Waals surface area contributed by atoms with E-state index in [1.165, 1.54) is 41.4 Å². The van der Waals surface area contributed by atoms with Crippen LogP contribution in [0.4, 0.5) is 13.2 Å². The maximum atomic E-state index is 13.3. The highest BCUT2D eigenvalue weighted by Gasteiger charge is 2.33. The van der Waals surface area contributed by atoms with E-state index in [9.17, 15) is 18.0 Å². The molecule has 30 heavy (non-hydrogen) atoms. The van der Waals surface area contributed by atoms with Gasteiger partial charge in [0.2, 0.25) is 0 Å². The molecule has 0 aliphatic carbocycles. The maximum absolute atomic E-state index is 13.3. The summed E-state index contributed by atoms with van der Waals surface area (Å²) >= 11 is 0. The number of alkyl halides is 3. The van der Waals surface area contributed by atoms with Crippen LogP contribution in [0.2, 0.25) is 0 Å². The van der Waals surface area contributed by atoms with Gasteiger partial charge in [0.15, 0.2) is 5.82 Å². The Kier molecular flexibility index (Phi) is 5.54. The summed E-state index contributed by atoms with van der Waals surface area (Å²) in [6.07, 6.45) is -0.314. The fraction of sp³-hybridized carbons (Fsp3) is 0.211. The first-order valence-corrected chi connectivity index (χ1v) is 8.71. The minimum atomic E-state index is -4.64. The molecule has 2 heterocycles. The smallest absolute Gasteiger partial charge is 0.399 e. The number of carbonyl (C=O) groups excluding carboxylic acids is 1. The number of halogens is 3. The van der Waals surface area contributed by atoms with Crippen molar-refractivity contribution in [2.75, 3.05) is 7.05 Å². The zero-order valence-corrected chi connectivity index (χ0v) is 16.1. The summed E-state index contributed by atoms with van der Waals surface area (Å²) in [5.41, 5.74) is 4.35. The van der Waals surface area contributed by atoms with Crippen LogP contribution in [0.1, 0.15) is 40.3 Å². The summed E-state index contributed by atoms with van der Waals surface area (Å²) in [7, 11) is 1.45. The van der Waals surface area contributed by atoms with Crippen LogP contribution in [-0.4, -0.2) is 42.6 Å². The molecule has 3 aromatic rings. The van der Waals surface area contributed by atoms with Crippen LogP contribution in [0.25, 0.3) is 11.6 Å². The van der Waals surface area contributed by atoms with Gasteiger partial charge in [-0.15, -0.1) is 0 Å². The number of hydrogen-bond acceptors (Lipinski definition) is 6. The van der Waals surface area contributed by atoms with E-state index in [0.717, 1.165) is 12.1 Å². The summed E-state index contributed by atoms with van der Waals surface area (Å²) in [5, 5.41) is 4.07. The molecule has 8 nitrogen and oxygen atoms in total. The van der Waals surface area contributed by atoms with E-state index in [1.54, 1.807) is 13.0 Å². The second-order valence-corrected chi connectivity index (χ2v) is 6.49. The van der Waals surface area contributed by atoms with Gasteiger partial charge in [-0.05, 0) is 36.8 Å². The molecule has 0 aliphatic rings. The van der Waals surface area contributed by atoms with Crippen LogP contribution < -0.4 is 5.73 Å². The Hall–Kier alpha value is -3.76. The predicted octanol–water partition coefficient (Wildman–Crippen LogP) is 2.84. The first-order chi connectivity index (χ1) is 14.1. The zero-order chi connectivity index (χ0) is 22.1. The fourth-order valence-corrected chi connectivity index (χ4v) is 2.74. The Balaban J connectivity index is 1.96. The Morgan fingerprint density at radius 1 is 1.17 bits per heavy atom. The lowest BCUT2D eigenvalue weighted by atomic mass is 10.0. The number of hydrogen-bond donors (Lipinski definition) is 1. The van der Waals surface area contributed by atoms with E-state index in [4.69, 9.17) is 5.73 Å². The summed E-state index contributed by atoms with van der Waals surface area (Å²) in [6, 6.07) is 3.89. The highest BCUT2D eigenvalue weighted by atomic mass is 19.4. The normalized spacial score (nSPS) is 12.4. The van der Waals surface area contributed by atoms with Gasteiger partial charge in [0, 0.05) is 30.7 Å². The van der Waals surface area contributed by atoms with Crippen molar-refractivity contribution in [3.8, 4) is 5.95 Å². The molecule has 1 aromatic carbocycles. The topological polar surface area (TPSA) is 103 Å². The molecule has 0 fully saturated rings. The Morgan fingerprint density at radius 2 is 1.80 bits per heavy atom. The third kappa shape index (κ3) is 4.14. The van der Waals surface area contributed by atoms with Crippen molar-refractivity contribution in [3.63, 3.8) is 0 Å². The standard InChI is InChI=1S/C19H18F3N7O/c1-11(23)13-7-14(9-15(8-13)19(20,21)22)17(30)28(3)12(2)16-26-10-27-29(16)18-24-5-4-6-25-18/h4-10,12H,1,23H2,2-3H3. The monoisotopic (exact) mass is 417 g/mol. The second-order valence-electron chi connectivity index (χ2n) is 6.49. The number of rotatable bonds is 5. The molecule has 2 N–H and O–H groups in total. The van der Waals surface area contributed by atoms with Crippen LogP contribution in [0.5, 0.6) is 0 Å². The van der Waals surface area contributed by atoms with Gasteiger partial charge >= 0.3 is 6.18 Å². The highest BCUT2D eigenvalue weighted by molar-refractivity contribution is 5.95. The molecule has 3 rings (SSSR count). The van der Waals surface area contributed by atoms with Gasteiger partial charge in [0.25, 0.3) is 11.9 Å². The van der Waals surface area contributed by atoms with Crippen molar-refractivity contribution in [2.45, 2.75) is 19.1 Å². The minimum Gasteiger partial charge on any atom is -0.399 e. The molecule has 1 amide bonds. The van der Waals surface area contributed by atoms with Crippen molar-refractivity contribution in [1.29, 1.82) is 0 Å². The molecule has 1 unspecified atom stereocenters. The number of aromatic nitrogens is 5. The summed E-state index contributed by atoms with van der Waals surface area (Å²) in [5.74, 6) is -0.0643. The van der Waals surface area contributed by atoms with Gasteiger partial charge in [0.05, 0.1) is 11.6 Å². The third-order valence-electron chi connectivity index (χ3n) is 4.47. The van der Waals surface area contributed by atoms with Crippen LogP contribution in [0, 0.1) is 0 Å². The highest BCUT2D eigenvalue weighted by Crippen LogP contribution is 2.32. The van der Waals surface area contributed by atoms with Gasteiger partial charge in [0.1, 0.15) is 6.33 Å². The molecule has 156 valence electrons.